The number of ether oxygens (including phenoxy) is 1. The Morgan fingerprint density at radius 3 is 2.52 bits per heavy atom. The summed E-state index contributed by atoms with van der Waals surface area (Å²) in [6.45, 7) is 5.15. The summed E-state index contributed by atoms with van der Waals surface area (Å²) in [5.74, 6) is 1.75. The average molecular weight is 398 g/mol. The number of benzene rings is 1. The number of aryl methyl sites for hydroxylation is 1. The van der Waals surface area contributed by atoms with Crippen LogP contribution in [0.25, 0.3) is 11.3 Å². The number of hydrogen-bond acceptors (Lipinski definition) is 5. The number of carbonyl (C=O) groups excluding carboxylic acids is 1. The average Bonchev–Trinajstić information content (AvgIpc) is 3.39. The predicted molar refractivity (Wildman–Crippen MR) is 105 cm³/mol. The number of hydrogen-bond donors (Lipinski definition) is 1. The Kier molecular flexibility index (Phi) is 5.78. The van der Waals surface area contributed by atoms with Crippen molar-refractivity contribution in [1.82, 2.24) is 10.2 Å². The Hall–Kier alpha value is -2.90. The van der Waals surface area contributed by atoms with E-state index in [-0.39, 0.29) is 23.5 Å². The Morgan fingerprint density at radius 1 is 1.07 bits per heavy atom. The molecule has 6 nitrogen and oxygen atoms in total. The van der Waals surface area contributed by atoms with Crippen molar-refractivity contribution in [2.45, 2.75) is 13.0 Å². The van der Waals surface area contributed by atoms with E-state index in [1.165, 1.54) is 12.1 Å². The van der Waals surface area contributed by atoms with Crippen LogP contribution in [-0.4, -0.2) is 43.7 Å². The van der Waals surface area contributed by atoms with Crippen LogP contribution in [0.3, 0.4) is 0 Å². The molecule has 1 atom stereocenters. The molecule has 7 heteroatoms. The molecule has 0 aliphatic carbocycles. The standard InChI is InChI=1S/C22H23FN2O4/c1-15-2-7-20(28-15)18(25-10-12-27-13-11-25)14-24-22(26)21-9-8-19(29-21)16-3-5-17(23)6-4-16/h2-9,18H,10-14H2,1H3,(H,24,26). The number of furan rings is 2. The number of nitrogens with one attached hydrogen (secondary N) is 1. The minimum absolute atomic E-state index is 0.0805. The topological polar surface area (TPSA) is 67.9 Å². The van der Waals surface area contributed by atoms with E-state index >= 15 is 0 Å². The van der Waals surface area contributed by atoms with Crippen LogP contribution in [0.5, 0.6) is 0 Å². The van der Waals surface area contributed by atoms with Crippen LogP contribution < -0.4 is 5.32 Å². The van der Waals surface area contributed by atoms with E-state index in [1.807, 2.05) is 19.1 Å². The molecule has 0 bridgehead atoms. The third-order valence-corrected chi connectivity index (χ3v) is 4.99. The van der Waals surface area contributed by atoms with Crippen LogP contribution in [0, 0.1) is 12.7 Å². The van der Waals surface area contributed by atoms with Gasteiger partial charge in [-0.25, -0.2) is 4.39 Å². The minimum atomic E-state index is -0.319. The zero-order chi connectivity index (χ0) is 20.2. The molecule has 152 valence electrons. The van der Waals surface area contributed by atoms with E-state index in [9.17, 15) is 9.18 Å². The maximum atomic E-state index is 13.1. The zero-order valence-corrected chi connectivity index (χ0v) is 16.2. The lowest BCUT2D eigenvalue weighted by Crippen LogP contribution is -2.43. The van der Waals surface area contributed by atoms with Gasteiger partial charge >= 0.3 is 0 Å². The minimum Gasteiger partial charge on any atom is -0.465 e. The van der Waals surface area contributed by atoms with Gasteiger partial charge in [-0.3, -0.25) is 9.69 Å². The fraction of sp³-hybridized carbons (Fsp3) is 0.318. The van der Waals surface area contributed by atoms with Crippen LogP contribution >= 0.6 is 0 Å². The molecule has 1 aliphatic heterocycles. The summed E-state index contributed by atoms with van der Waals surface area (Å²) in [5, 5.41) is 2.94. The van der Waals surface area contributed by atoms with Crippen LogP contribution in [-0.2, 0) is 4.74 Å². The molecule has 4 rings (SSSR count). The molecule has 0 spiro atoms. The number of halogens is 1. The van der Waals surface area contributed by atoms with Crippen molar-refractivity contribution >= 4 is 5.91 Å². The molecule has 3 heterocycles. The smallest absolute Gasteiger partial charge is 0.287 e. The zero-order valence-electron chi connectivity index (χ0n) is 16.2. The third kappa shape index (κ3) is 4.58. The van der Waals surface area contributed by atoms with Crippen molar-refractivity contribution in [3.8, 4) is 11.3 Å². The molecule has 1 saturated heterocycles. The summed E-state index contributed by atoms with van der Waals surface area (Å²) in [4.78, 5) is 14.9. The highest BCUT2D eigenvalue weighted by molar-refractivity contribution is 5.92. The largest absolute Gasteiger partial charge is 0.465 e. The molecular weight excluding hydrogens is 375 g/mol. The Balaban J connectivity index is 1.44. The highest BCUT2D eigenvalue weighted by Gasteiger charge is 2.26. The van der Waals surface area contributed by atoms with E-state index in [4.69, 9.17) is 13.6 Å². The maximum Gasteiger partial charge on any atom is 0.287 e. The summed E-state index contributed by atoms with van der Waals surface area (Å²) < 4.78 is 30.0. The molecule has 1 fully saturated rings. The third-order valence-electron chi connectivity index (χ3n) is 4.99. The Labute approximate surface area is 168 Å². The lowest BCUT2D eigenvalue weighted by molar-refractivity contribution is 0.0116. The van der Waals surface area contributed by atoms with Crippen LogP contribution in [0.15, 0.2) is 57.4 Å². The Morgan fingerprint density at radius 2 is 1.83 bits per heavy atom. The second-order valence-electron chi connectivity index (χ2n) is 6.99. The molecule has 29 heavy (non-hydrogen) atoms. The van der Waals surface area contributed by atoms with Crippen molar-refractivity contribution in [1.29, 1.82) is 0 Å². The van der Waals surface area contributed by atoms with E-state index in [0.29, 0.717) is 31.1 Å². The molecule has 2 aromatic heterocycles. The molecule has 3 aromatic rings. The number of rotatable bonds is 6. The fourth-order valence-electron chi connectivity index (χ4n) is 3.44. The number of amides is 1. The SMILES string of the molecule is Cc1ccc(C(CNC(=O)c2ccc(-c3ccc(F)cc3)o2)N2CCOCC2)o1. The van der Waals surface area contributed by atoms with Gasteiger partial charge in [0.2, 0.25) is 0 Å². The highest BCUT2D eigenvalue weighted by atomic mass is 19.1. The summed E-state index contributed by atoms with van der Waals surface area (Å²) in [6.07, 6.45) is 0. The first kappa shape index (κ1) is 19.4. The monoisotopic (exact) mass is 398 g/mol. The van der Waals surface area contributed by atoms with Gasteiger partial charge in [-0.1, -0.05) is 0 Å². The lowest BCUT2D eigenvalue weighted by Gasteiger charge is -2.33. The van der Waals surface area contributed by atoms with Gasteiger partial charge in [0, 0.05) is 25.2 Å². The first-order valence-electron chi connectivity index (χ1n) is 9.62. The van der Waals surface area contributed by atoms with E-state index < -0.39 is 0 Å². The van der Waals surface area contributed by atoms with Gasteiger partial charge in [0.05, 0.1) is 19.3 Å². The molecule has 1 aromatic carbocycles. The second-order valence-corrected chi connectivity index (χ2v) is 6.99. The first-order valence-corrected chi connectivity index (χ1v) is 9.62. The van der Waals surface area contributed by atoms with Crippen molar-refractivity contribution in [3.05, 3.63) is 71.6 Å². The van der Waals surface area contributed by atoms with E-state index in [0.717, 1.165) is 24.6 Å². The van der Waals surface area contributed by atoms with Gasteiger partial charge in [0.25, 0.3) is 5.91 Å². The lowest BCUT2D eigenvalue weighted by atomic mass is 10.1. The van der Waals surface area contributed by atoms with Gasteiger partial charge in [0.15, 0.2) is 5.76 Å². The normalized spacial score (nSPS) is 15.9. The van der Waals surface area contributed by atoms with Crippen molar-refractivity contribution in [2.24, 2.45) is 0 Å². The van der Waals surface area contributed by atoms with E-state index in [2.05, 4.69) is 10.2 Å². The van der Waals surface area contributed by atoms with Gasteiger partial charge < -0.3 is 18.9 Å². The summed E-state index contributed by atoms with van der Waals surface area (Å²) in [5.41, 5.74) is 0.711. The fourth-order valence-corrected chi connectivity index (χ4v) is 3.44. The highest BCUT2D eigenvalue weighted by Crippen LogP contribution is 2.25. The Bertz CT molecular complexity index is 957. The molecular formula is C22H23FN2O4. The number of morpholine rings is 1. The van der Waals surface area contributed by atoms with Gasteiger partial charge in [-0.2, -0.15) is 0 Å². The molecule has 0 saturated carbocycles. The summed E-state index contributed by atoms with van der Waals surface area (Å²) >= 11 is 0. The van der Waals surface area contributed by atoms with Crippen LogP contribution in [0.1, 0.15) is 28.1 Å². The molecule has 1 amide bonds. The summed E-state index contributed by atoms with van der Waals surface area (Å²) in [7, 11) is 0. The molecule has 1 aliphatic rings. The van der Waals surface area contributed by atoms with Crippen molar-refractivity contribution in [2.75, 3.05) is 32.8 Å². The van der Waals surface area contributed by atoms with Gasteiger partial charge in [-0.05, 0) is 55.5 Å². The van der Waals surface area contributed by atoms with Crippen LogP contribution in [0.4, 0.5) is 4.39 Å². The molecule has 1 N–H and O–H groups in total. The van der Waals surface area contributed by atoms with Gasteiger partial charge in [-0.15, -0.1) is 0 Å². The molecule has 1 unspecified atom stereocenters. The van der Waals surface area contributed by atoms with E-state index in [1.54, 1.807) is 24.3 Å². The number of nitrogens with zero attached hydrogens (tertiary/aromatic N) is 1. The van der Waals surface area contributed by atoms with Crippen molar-refractivity contribution < 1.29 is 22.8 Å². The number of carbonyl (C=O) groups is 1. The predicted octanol–water partition coefficient (Wildman–Crippen LogP) is 3.79. The first-order chi connectivity index (χ1) is 14.1. The summed E-state index contributed by atoms with van der Waals surface area (Å²) in [6, 6.07) is 13.1. The quantitative estimate of drug-likeness (QED) is 0.684. The second kappa shape index (κ2) is 8.63. The molecule has 0 radical (unpaired) electrons. The van der Waals surface area contributed by atoms with Crippen molar-refractivity contribution in [3.63, 3.8) is 0 Å². The van der Waals surface area contributed by atoms with Crippen LogP contribution in [0.2, 0.25) is 0 Å². The van der Waals surface area contributed by atoms with Gasteiger partial charge in [0.1, 0.15) is 23.1 Å². The maximum absolute atomic E-state index is 13.1.